The van der Waals surface area contributed by atoms with Gasteiger partial charge in [-0.3, -0.25) is 5.32 Å². The zero-order valence-corrected chi connectivity index (χ0v) is 20.6. The molecule has 2 N–H and O–H groups in total. The Morgan fingerprint density at radius 2 is 1.72 bits per heavy atom. The Morgan fingerprint density at radius 1 is 1.00 bits per heavy atom. The Labute approximate surface area is 202 Å². The molecule has 0 aliphatic heterocycles. The van der Waals surface area contributed by atoms with Gasteiger partial charge in [-0.2, -0.15) is 0 Å². The van der Waals surface area contributed by atoms with E-state index in [-0.39, 0.29) is 4.21 Å². The second kappa shape index (κ2) is 9.63. The summed E-state index contributed by atoms with van der Waals surface area (Å²) in [4.78, 5) is 17.9. The van der Waals surface area contributed by atoms with Gasteiger partial charge >= 0.3 is 6.03 Å². The maximum Gasteiger partial charge on any atom is 0.333 e. The van der Waals surface area contributed by atoms with Crippen LogP contribution in [0.4, 0.5) is 9.80 Å². The van der Waals surface area contributed by atoms with Gasteiger partial charge in [0.25, 0.3) is 10.0 Å². The Morgan fingerprint density at radius 3 is 2.44 bits per heavy atom. The standard InChI is InChI=1S/C21H16ClN3O3S4/c1-13-23-19(14-5-3-2-4-6-14)20(29-13)24-21(26)25-32(27,28)18-12-11-17(31-18)30-16-9-7-15(22)8-10-16/h2-12H,1H3,(H2,24,25,26). The van der Waals surface area contributed by atoms with Crippen LogP contribution in [-0.2, 0) is 10.0 Å². The SMILES string of the molecule is Cc1nc(-c2ccccc2)c(NC(=O)NS(=O)(=O)c2ccc(Sc3ccc(Cl)cc3)s2)s1. The number of rotatable bonds is 6. The van der Waals surface area contributed by atoms with E-state index in [2.05, 4.69) is 15.0 Å². The van der Waals surface area contributed by atoms with Crippen LogP contribution in [0.15, 0.2) is 80.0 Å². The predicted octanol–water partition coefficient (Wildman–Crippen LogP) is 6.50. The number of amides is 2. The van der Waals surface area contributed by atoms with Gasteiger partial charge in [-0.05, 0) is 43.3 Å². The summed E-state index contributed by atoms with van der Waals surface area (Å²) in [6.45, 7) is 1.82. The minimum atomic E-state index is -4.02. The normalized spacial score (nSPS) is 11.3. The van der Waals surface area contributed by atoms with Crippen molar-refractivity contribution in [1.29, 1.82) is 0 Å². The average molecular weight is 522 g/mol. The molecular formula is C21H16ClN3O3S4. The Balaban J connectivity index is 1.46. The molecule has 0 bridgehead atoms. The molecule has 4 rings (SSSR count). The lowest BCUT2D eigenvalue weighted by Gasteiger charge is -2.07. The van der Waals surface area contributed by atoms with Gasteiger partial charge in [-0.1, -0.05) is 53.7 Å². The maximum absolute atomic E-state index is 12.7. The topological polar surface area (TPSA) is 88.2 Å². The van der Waals surface area contributed by atoms with E-state index in [1.807, 2.05) is 49.4 Å². The second-order valence-corrected chi connectivity index (χ2v) is 12.5. The van der Waals surface area contributed by atoms with E-state index >= 15 is 0 Å². The van der Waals surface area contributed by atoms with Gasteiger partial charge in [0.1, 0.15) is 14.9 Å². The fraction of sp³-hybridized carbons (Fsp3) is 0.0476. The number of hydrogen-bond acceptors (Lipinski definition) is 7. The summed E-state index contributed by atoms with van der Waals surface area (Å²) in [6.07, 6.45) is 0. The minimum absolute atomic E-state index is 0.0490. The van der Waals surface area contributed by atoms with E-state index < -0.39 is 16.1 Å². The number of benzene rings is 2. The number of carbonyl (C=O) groups is 1. The van der Waals surface area contributed by atoms with Crippen LogP contribution in [0.5, 0.6) is 0 Å². The molecular weight excluding hydrogens is 506 g/mol. The lowest BCUT2D eigenvalue weighted by molar-refractivity contribution is 0.256. The van der Waals surface area contributed by atoms with Gasteiger partial charge < -0.3 is 0 Å². The number of thiazole rings is 1. The van der Waals surface area contributed by atoms with Gasteiger partial charge in [0.2, 0.25) is 0 Å². The van der Waals surface area contributed by atoms with Crippen LogP contribution in [0, 0.1) is 6.92 Å². The number of nitrogens with one attached hydrogen (secondary N) is 2. The molecule has 0 radical (unpaired) electrons. The number of anilines is 1. The summed E-state index contributed by atoms with van der Waals surface area (Å²) in [5, 5.41) is 4.48. The minimum Gasteiger partial charge on any atom is -0.297 e. The van der Waals surface area contributed by atoms with Crippen molar-refractivity contribution in [3.63, 3.8) is 0 Å². The maximum atomic E-state index is 12.7. The second-order valence-electron chi connectivity index (χ2n) is 6.47. The highest BCUT2D eigenvalue weighted by Crippen LogP contribution is 2.36. The Hall–Kier alpha value is -2.37. The number of nitrogens with zero attached hydrogens (tertiary/aromatic N) is 1. The quantitative estimate of drug-likeness (QED) is 0.302. The molecule has 0 saturated carbocycles. The third-order valence-electron chi connectivity index (χ3n) is 4.09. The van der Waals surface area contributed by atoms with Crippen LogP contribution in [0.1, 0.15) is 5.01 Å². The van der Waals surface area contributed by atoms with Crippen LogP contribution < -0.4 is 10.0 Å². The van der Waals surface area contributed by atoms with Crippen molar-refractivity contribution in [2.24, 2.45) is 0 Å². The van der Waals surface area contributed by atoms with Crippen LogP contribution in [-0.4, -0.2) is 19.4 Å². The molecule has 32 heavy (non-hydrogen) atoms. The predicted molar refractivity (Wildman–Crippen MR) is 132 cm³/mol. The van der Waals surface area contributed by atoms with Crippen molar-refractivity contribution in [3.05, 3.63) is 76.8 Å². The first-order chi connectivity index (χ1) is 15.3. The molecule has 2 heterocycles. The summed E-state index contributed by atoms with van der Waals surface area (Å²) in [6, 6.07) is 19.0. The first-order valence-corrected chi connectivity index (χ1v) is 13.5. The van der Waals surface area contributed by atoms with Crippen LogP contribution in [0.3, 0.4) is 0 Å². The highest BCUT2D eigenvalue weighted by molar-refractivity contribution is 8.01. The zero-order chi connectivity index (χ0) is 22.7. The number of urea groups is 1. The third-order valence-corrected chi connectivity index (χ3v) is 9.28. The number of aromatic nitrogens is 1. The molecule has 0 saturated heterocycles. The van der Waals surface area contributed by atoms with Crippen LogP contribution >= 0.6 is 46.0 Å². The molecule has 2 aromatic carbocycles. The number of carbonyl (C=O) groups excluding carboxylic acids is 1. The van der Waals surface area contributed by atoms with Crippen molar-refractivity contribution in [2.75, 3.05) is 5.32 Å². The molecule has 6 nitrogen and oxygen atoms in total. The molecule has 0 aliphatic carbocycles. The smallest absolute Gasteiger partial charge is 0.297 e. The summed E-state index contributed by atoms with van der Waals surface area (Å²) >= 11 is 9.67. The lowest BCUT2D eigenvalue weighted by Crippen LogP contribution is -2.33. The highest BCUT2D eigenvalue weighted by Gasteiger charge is 2.22. The van der Waals surface area contributed by atoms with Gasteiger partial charge in [0.15, 0.2) is 0 Å². The molecule has 0 fully saturated rings. The van der Waals surface area contributed by atoms with E-state index in [4.69, 9.17) is 11.6 Å². The Kier molecular flexibility index (Phi) is 6.87. The number of hydrogen-bond donors (Lipinski definition) is 2. The van der Waals surface area contributed by atoms with Crippen LogP contribution in [0.2, 0.25) is 5.02 Å². The van der Waals surface area contributed by atoms with Crippen molar-refractivity contribution >= 4 is 67.1 Å². The summed E-state index contributed by atoms with van der Waals surface area (Å²) < 4.78 is 28.3. The van der Waals surface area contributed by atoms with Crippen molar-refractivity contribution in [1.82, 2.24) is 9.71 Å². The van der Waals surface area contributed by atoms with E-state index in [0.29, 0.717) is 15.7 Å². The number of aryl methyl sites for hydroxylation is 1. The molecule has 0 aliphatic rings. The highest BCUT2D eigenvalue weighted by atomic mass is 35.5. The molecule has 4 aromatic rings. The van der Waals surface area contributed by atoms with E-state index in [0.717, 1.165) is 31.0 Å². The van der Waals surface area contributed by atoms with Gasteiger partial charge in [0.05, 0.1) is 9.22 Å². The van der Waals surface area contributed by atoms with Gasteiger partial charge in [-0.15, -0.1) is 22.7 Å². The summed E-state index contributed by atoms with van der Waals surface area (Å²) in [5.41, 5.74) is 1.43. The molecule has 164 valence electrons. The molecule has 0 unspecified atom stereocenters. The van der Waals surface area contributed by atoms with Crippen LogP contribution in [0.25, 0.3) is 11.3 Å². The van der Waals surface area contributed by atoms with E-state index in [1.54, 1.807) is 18.2 Å². The van der Waals surface area contributed by atoms with Gasteiger partial charge in [0, 0.05) is 15.5 Å². The first-order valence-electron chi connectivity index (χ1n) is 9.20. The molecule has 2 aromatic heterocycles. The molecule has 2 amide bonds. The van der Waals surface area contributed by atoms with E-state index in [9.17, 15) is 13.2 Å². The lowest BCUT2D eigenvalue weighted by atomic mass is 10.2. The average Bonchev–Trinajstić information content (AvgIpc) is 3.37. The number of sulfonamides is 1. The third kappa shape index (κ3) is 5.51. The van der Waals surface area contributed by atoms with E-state index in [1.165, 1.54) is 29.2 Å². The summed E-state index contributed by atoms with van der Waals surface area (Å²) in [7, 11) is -4.02. The van der Waals surface area contributed by atoms with Crippen molar-refractivity contribution in [3.8, 4) is 11.3 Å². The molecule has 11 heteroatoms. The van der Waals surface area contributed by atoms with Crippen molar-refractivity contribution < 1.29 is 13.2 Å². The van der Waals surface area contributed by atoms with Crippen molar-refractivity contribution in [2.45, 2.75) is 20.2 Å². The van der Waals surface area contributed by atoms with Gasteiger partial charge in [-0.25, -0.2) is 22.9 Å². The Bertz CT molecular complexity index is 1350. The monoisotopic (exact) mass is 521 g/mol. The zero-order valence-electron chi connectivity index (χ0n) is 16.5. The molecule has 0 spiro atoms. The number of halogens is 1. The largest absolute Gasteiger partial charge is 0.333 e. The summed E-state index contributed by atoms with van der Waals surface area (Å²) in [5.74, 6) is 0. The molecule has 0 atom stereocenters. The number of thiophene rings is 1. The first kappa shape index (κ1) is 22.8. The fourth-order valence-electron chi connectivity index (χ4n) is 2.73. The fourth-order valence-corrected chi connectivity index (χ4v) is 7.16.